The van der Waals surface area contributed by atoms with E-state index in [4.69, 9.17) is 4.98 Å². The number of aryl methyl sites for hydroxylation is 1. The van der Waals surface area contributed by atoms with Gasteiger partial charge >= 0.3 is 12.5 Å². The van der Waals surface area contributed by atoms with E-state index in [0.717, 1.165) is 35.9 Å². The van der Waals surface area contributed by atoms with Gasteiger partial charge in [-0.3, -0.25) is 4.68 Å². The third-order valence-electron chi connectivity index (χ3n) is 6.72. The van der Waals surface area contributed by atoms with E-state index in [1.165, 1.54) is 37.5 Å². The van der Waals surface area contributed by atoms with Crippen LogP contribution in [0.2, 0.25) is 0 Å². The molecule has 0 bridgehead atoms. The van der Waals surface area contributed by atoms with E-state index in [0.29, 0.717) is 28.6 Å². The quantitative estimate of drug-likeness (QED) is 0.264. The Labute approximate surface area is 214 Å². The van der Waals surface area contributed by atoms with Crippen LogP contribution >= 0.6 is 0 Å². The molecule has 2 aromatic carbocycles. The molecule has 2 aromatic heterocycles. The number of nitrogens with zero attached hydrogens (tertiary/aromatic N) is 4. The van der Waals surface area contributed by atoms with E-state index in [1.54, 1.807) is 18.2 Å². The average molecular weight is 538 g/mol. The van der Waals surface area contributed by atoms with Crippen LogP contribution in [0.25, 0.3) is 22.2 Å². The number of anilines is 2. The molecular formula is C26H25F6N5O. The van der Waals surface area contributed by atoms with Crippen molar-refractivity contribution in [1.82, 2.24) is 19.3 Å². The van der Waals surface area contributed by atoms with E-state index in [9.17, 15) is 26.3 Å². The van der Waals surface area contributed by atoms with Crippen LogP contribution in [-0.4, -0.2) is 25.7 Å². The summed E-state index contributed by atoms with van der Waals surface area (Å²) in [5.41, 5.74) is 1.06. The van der Waals surface area contributed by atoms with Crippen molar-refractivity contribution >= 4 is 22.7 Å². The maximum atomic E-state index is 13.6. The Morgan fingerprint density at radius 2 is 1.74 bits per heavy atom. The first kappa shape index (κ1) is 25.9. The molecule has 1 aliphatic carbocycles. The van der Waals surface area contributed by atoms with Gasteiger partial charge in [-0.1, -0.05) is 25.8 Å². The van der Waals surface area contributed by atoms with Gasteiger partial charge in [-0.15, -0.1) is 13.2 Å². The van der Waals surface area contributed by atoms with Crippen LogP contribution in [0.1, 0.15) is 44.3 Å². The molecule has 1 saturated carbocycles. The van der Waals surface area contributed by atoms with Crippen molar-refractivity contribution < 1.29 is 31.1 Å². The monoisotopic (exact) mass is 537 g/mol. The van der Waals surface area contributed by atoms with Crippen molar-refractivity contribution in [2.24, 2.45) is 13.0 Å². The van der Waals surface area contributed by atoms with Crippen LogP contribution in [0.3, 0.4) is 0 Å². The fraction of sp³-hybridized carbons (Fsp3) is 0.385. The van der Waals surface area contributed by atoms with E-state index in [2.05, 4.69) is 22.1 Å². The van der Waals surface area contributed by atoms with Crippen molar-refractivity contribution in [1.29, 1.82) is 0 Å². The van der Waals surface area contributed by atoms with Gasteiger partial charge in [0.2, 0.25) is 5.95 Å². The number of hydrogen-bond donors (Lipinski definition) is 1. The number of rotatable bonds is 5. The Bertz CT molecular complexity index is 1440. The number of imidazole rings is 1. The molecule has 1 N–H and O–H groups in total. The van der Waals surface area contributed by atoms with Gasteiger partial charge in [0, 0.05) is 30.5 Å². The standard InChI is InChI=1S/C26H25F6N5O/c1-15-4-3-5-18(12-15)37-22-11-6-16(20-14-36(2)35-23(20)25(27,28)29)13-21(22)34-24(37)33-17-7-9-19(10-8-17)38-26(30,31)32/h6-11,13-15,18H,3-5,12H2,1-2H3,(H,33,34). The molecule has 6 nitrogen and oxygen atoms in total. The lowest BCUT2D eigenvalue weighted by Crippen LogP contribution is -2.19. The lowest BCUT2D eigenvalue weighted by molar-refractivity contribution is -0.274. The molecule has 12 heteroatoms. The number of nitrogens with one attached hydrogen (secondary N) is 1. The zero-order valence-electron chi connectivity index (χ0n) is 20.6. The van der Waals surface area contributed by atoms with Crippen LogP contribution in [0.15, 0.2) is 48.7 Å². The second-order valence-corrected chi connectivity index (χ2v) is 9.69. The predicted molar refractivity (Wildman–Crippen MR) is 130 cm³/mol. The summed E-state index contributed by atoms with van der Waals surface area (Å²) in [6.45, 7) is 2.18. The lowest BCUT2D eigenvalue weighted by Gasteiger charge is -2.29. The number of alkyl halides is 6. The fourth-order valence-corrected chi connectivity index (χ4v) is 5.14. The molecule has 0 saturated heterocycles. The van der Waals surface area contributed by atoms with Gasteiger partial charge < -0.3 is 14.6 Å². The third kappa shape index (κ3) is 5.44. The second-order valence-electron chi connectivity index (χ2n) is 9.69. The Kier molecular flexibility index (Phi) is 6.52. The third-order valence-corrected chi connectivity index (χ3v) is 6.72. The van der Waals surface area contributed by atoms with Gasteiger partial charge in [-0.2, -0.15) is 18.3 Å². The zero-order valence-corrected chi connectivity index (χ0v) is 20.6. The van der Waals surface area contributed by atoms with Crippen LogP contribution < -0.4 is 10.1 Å². The van der Waals surface area contributed by atoms with Gasteiger partial charge in [0.1, 0.15) is 5.75 Å². The molecule has 1 fully saturated rings. The van der Waals surface area contributed by atoms with Crippen molar-refractivity contribution in [3.05, 3.63) is 54.4 Å². The van der Waals surface area contributed by atoms with Crippen molar-refractivity contribution in [2.45, 2.75) is 51.2 Å². The van der Waals surface area contributed by atoms with Crippen LogP contribution in [0, 0.1) is 5.92 Å². The minimum atomic E-state index is -4.79. The molecule has 38 heavy (non-hydrogen) atoms. The summed E-state index contributed by atoms with van der Waals surface area (Å²) in [6.07, 6.45) is -4.13. The van der Waals surface area contributed by atoms with Gasteiger partial charge in [0.05, 0.1) is 11.0 Å². The number of hydrogen-bond acceptors (Lipinski definition) is 4. The number of fused-ring (bicyclic) bond motifs is 1. The van der Waals surface area contributed by atoms with Gasteiger partial charge in [0.25, 0.3) is 0 Å². The summed E-state index contributed by atoms with van der Waals surface area (Å²) >= 11 is 0. The summed E-state index contributed by atoms with van der Waals surface area (Å²) in [7, 11) is 1.43. The highest BCUT2D eigenvalue weighted by Gasteiger charge is 2.37. The summed E-state index contributed by atoms with van der Waals surface area (Å²) in [6, 6.07) is 10.4. The van der Waals surface area contributed by atoms with E-state index >= 15 is 0 Å². The second kappa shape index (κ2) is 9.55. The minimum Gasteiger partial charge on any atom is -0.406 e. The average Bonchev–Trinajstić information content (AvgIpc) is 3.39. The molecule has 2 unspecified atom stereocenters. The first-order valence-corrected chi connectivity index (χ1v) is 12.1. The molecule has 5 rings (SSSR count). The largest absolute Gasteiger partial charge is 0.573 e. The molecule has 202 valence electrons. The lowest BCUT2D eigenvalue weighted by atomic mass is 9.87. The fourth-order valence-electron chi connectivity index (χ4n) is 5.14. The molecule has 2 heterocycles. The Morgan fingerprint density at radius 1 is 1.00 bits per heavy atom. The highest BCUT2D eigenvalue weighted by Crippen LogP contribution is 2.40. The number of aromatic nitrogens is 4. The van der Waals surface area contributed by atoms with Gasteiger partial charge in [-0.25, -0.2) is 4.98 Å². The molecule has 0 amide bonds. The molecule has 4 aromatic rings. The van der Waals surface area contributed by atoms with Gasteiger partial charge in [-0.05, 0) is 60.7 Å². The first-order chi connectivity index (χ1) is 17.9. The summed E-state index contributed by atoms with van der Waals surface area (Å²) < 4.78 is 85.5. The van der Waals surface area contributed by atoms with Crippen LogP contribution in [0.5, 0.6) is 5.75 Å². The summed E-state index contributed by atoms with van der Waals surface area (Å²) in [5.74, 6) is 0.601. The maximum Gasteiger partial charge on any atom is 0.573 e. The summed E-state index contributed by atoms with van der Waals surface area (Å²) in [4.78, 5) is 4.71. The Hall–Kier alpha value is -3.70. The Morgan fingerprint density at radius 3 is 2.39 bits per heavy atom. The molecule has 1 aliphatic rings. The predicted octanol–water partition coefficient (Wildman–Crippen LogP) is 7.85. The van der Waals surface area contributed by atoms with Crippen molar-refractivity contribution in [3.8, 4) is 16.9 Å². The van der Waals surface area contributed by atoms with Crippen LogP contribution in [-0.2, 0) is 13.2 Å². The zero-order chi connectivity index (χ0) is 27.2. The van der Waals surface area contributed by atoms with Gasteiger partial charge in [0.15, 0.2) is 5.69 Å². The highest BCUT2D eigenvalue weighted by atomic mass is 19.4. The van der Waals surface area contributed by atoms with Crippen LogP contribution in [0.4, 0.5) is 38.0 Å². The van der Waals surface area contributed by atoms with E-state index in [-0.39, 0.29) is 17.4 Å². The molecule has 0 radical (unpaired) electrons. The first-order valence-electron chi connectivity index (χ1n) is 12.1. The van der Waals surface area contributed by atoms with E-state index < -0.39 is 18.2 Å². The smallest absolute Gasteiger partial charge is 0.406 e. The number of benzene rings is 2. The molecular weight excluding hydrogens is 512 g/mol. The number of halogens is 6. The topological polar surface area (TPSA) is 56.9 Å². The van der Waals surface area contributed by atoms with E-state index in [1.807, 2.05) is 4.57 Å². The normalized spacial score (nSPS) is 18.6. The van der Waals surface area contributed by atoms with Crippen molar-refractivity contribution in [2.75, 3.05) is 5.32 Å². The van der Waals surface area contributed by atoms with Crippen molar-refractivity contribution in [3.63, 3.8) is 0 Å². The minimum absolute atomic E-state index is 0.0440. The number of ether oxygens (including phenoxy) is 1. The highest BCUT2D eigenvalue weighted by molar-refractivity contribution is 5.85. The molecule has 0 aliphatic heterocycles. The summed E-state index contributed by atoms with van der Waals surface area (Å²) in [5, 5.41) is 6.78. The maximum absolute atomic E-state index is 13.6. The Balaban J connectivity index is 1.55. The molecule has 0 spiro atoms. The molecule has 2 atom stereocenters. The SMILES string of the molecule is CC1CCCC(n2c(Nc3ccc(OC(F)(F)F)cc3)nc3cc(-c4cn(C)nc4C(F)(F)F)ccc32)C1.